The molecule has 4 heteroatoms. The molecule has 2 aromatic rings. The number of hydrogen-bond donors (Lipinski definition) is 1. The first-order valence-corrected chi connectivity index (χ1v) is 7.15. The quantitative estimate of drug-likeness (QED) is 0.941. The van der Waals surface area contributed by atoms with Crippen LogP contribution in [0.3, 0.4) is 0 Å². The first-order valence-electron chi connectivity index (χ1n) is 6.36. The van der Waals surface area contributed by atoms with Crippen molar-refractivity contribution in [2.45, 2.75) is 19.1 Å². The van der Waals surface area contributed by atoms with Gasteiger partial charge < -0.3 is 10.1 Å². The molecular weight excluding hydrogens is 304 g/mol. The number of pyridine rings is 1. The van der Waals surface area contributed by atoms with E-state index in [1.54, 1.807) is 6.20 Å². The van der Waals surface area contributed by atoms with Crippen molar-refractivity contribution in [1.82, 2.24) is 10.3 Å². The van der Waals surface area contributed by atoms with Gasteiger partial charge in [0.25, 0.3) is 0 Å². The Kier molecular flexibility index (Phi) is 3.80. The van der Waals surface area contributed by atoms with Gasteiger partial charge in [-0.1, -0.05) is 18.2 Å². The zero-order valence-electron chi connectivity index (χ0n) is 10.5. The van der Waals surface area contributed by atoms with Crippen molar-refractivity contribution in [2.24, 2.45) is 0 Å². The van der Waals surface area contributed by atoms with Crippen LogP contribution in [-0.4, -0.2) is 17.6 Å². The normalized spacial score (nSPS) is 17.0. The van der Waals surface area contributed by atoms with Gasteiger partial charge in [0.2, 0.25) is 0 Å². The van der Waals surface area contributed by atoms with Gasteiger partial charge in [-0.05, 0) is 39.2 Å². The third kappa shape index (κ3) is 3.14. The van der Waals surface area contributed by atoms with Crippen LogP contribution in [0.1, 0.15) is 11.1 Å². The van der Waals surface area contributed by atoms with Crippen molar-refractivity contribution in [3.8, 4) is 5.75 Å². The van der Waals surface area contributed by atoms with Crippen LogP contribution in [-0.2, 0) is 13.0 Å². The SMILES string of the molecule is Brc1cncc(CNCC2Cc3ccccc3O2)c1. The standard InChI is InChI=1S/C15H15BrN2O/c16-13-5-11(7-17-9-13)8-18-10-14-6-12-3-1-2-4-15(12)19-14/h1-5,7,9,14,18H,6,8,10H2. The second kappa shape index (κ2) is 5.72. The second-order valence-corrected chi connectivity index (χ2v) is 5.61. The summed E-state index contributed by atoms with van der Waals surface area (Å²) in [6, 6.07) is 10.3. The average molecular weight is 319 g/mol. The molecular formula is C15H15BrN2O. The lowest BCUT2D eigenvalue weighted by Crippen LogP contribution is -2.29. The summed E-state index contributed by atoms with van der Waals surface area (Å²) in [6.07, 6.45) is 4.89. The number of ether oxygens (including phenoxy) is 1. The number of rotatable bonds is 4. The van der Waals surface area contributed by atoms with Gasteiger partial charge in [0.1, 0.15) is 11.9 Å². The summed E-state index contributed by atoms with van der Waals surface area (Å²) in [6.45, 7) is 1.66. The minimum Gasteiger partial charge on any atom is -0.488 e. The lowest BCUT2D eigenvalue weighted by molar-refractivity contribution is 0.227. The molecule has 0 bridgehead atoms. The van der Waals surface area contributed by atoms with Gasteiger partial charge >= 0.3 is 0 Å². The monoisotopic (exact) mass is 318 g/mol. The Morgan fingerprint density at radius 1 is 1.32 bits per heavy atom. The Morgan fingerprint density at radius 2 is 2.21 bits per heavy atom. The molecule has 1 aromatic carbocycles. The van der Waals surface area contributed by atoms with Crippen LogP contribution in [0.4, 0.5) is 0 Å². The predicted octanol–water partition coefficient (Wildman–Crippen LogP) is 2.94. The maximum Gasteiger partial charge on any atom is 0.123 e. The van der Waals surface area contributed by atoms with E-state index in [1.807, 2.05) is 18.3 Å². The molecule has 0 fully saturated rings. The zero-order chi connectivity index (χ0) is 13.1. The number of benzene rings is 1. The van der Waals surface area contributed by atoms with Crippen molar-refractivity contribution < 1.29 is 4.74 Å². The fourth-order valence-corrected chi connectivity index (χ4v) is 2.71. The van der Waals surface area contributed by atoms with Crippen LogP contribution in [0.5, 0.6) is 5.75 Å². The fraction of sp³-hybridized carbons (Fsp3) is 0.267. The van der Waals surface area contributed by atoms with Crippen LogP contribution < -0.4 is 10.1 Å². The Bertz CT molecular complexity index is 549. The molecule has 19 heavy (non-hydrogen) atoms. The number of para-hydroxylation sites is 1. The van der Waals surface area contributed by atoms with Gasteiger partial charge in [0, 0.05) is 36.4 Å². The van der Waals surface area contributed by atoms with Gasteiger partial charge in [-0.3, -0.25) is 4.98 Å². The summed E-state index contributed by atoms with van der Waals surface area (Å²) in [7, 11) is 0. The predicted molar refractivity (Wildman–Crippen MR) is 78.2 cm³/mol. The number of halogens is 1. The summed E-state index contributed by atoms with van der Waals surface area (Å²) < 4.78 is 6.89. The molecule has 1 N–H and O–H groups in total. The van der Waals surface area contributed by atoms with Crippen LogP contribution in [0.2, 0.25) is 0 Å². The van der Waals surface area contributed by atoms with E-state index in [0.717, 1.165) is 29.7 Å². The molecule has 0 saturated heterocycles. The molecule has 98 valence electrons. The third-order valence-corrected chi connectivity index (χ3v) is 3.61. The summed E-state index contributed by atoms with van der Waals surface area (Å²) in [4.78, 5) is 4.15. The molecule has 1 aliphatic heterocycles. The van der Waals surface area contributed by atoms with E-state index >= 15 is 0 Å². The highest BCUT2D eigenvalue weighted by atomic mass is 79.9. The van der Waals surface area contributed by atoms with Crippen molar-refractivity contribution in [3.05, 3.63) is 58.3 Å². The molecule has 0 radical (unpaired) electrons. The maximum absolute atomic E-state index is 5.88. The molecule has 1 atom stereocenters. The molecule has 0 aliphatic carbocycles. The lowest BCUT2D eigenvalue weighted by Gasteiger charge is -2.11. The smallest absolute Gasteiger partial charge is 0.123 e. The van der Waals surface area contributed by atoms with Gasteiger partial charge in [-0.2, -0.15) is 0 Å². The average Bonchev–Trinajstić information content (AvgIpc) is 2.81. The van der Waals surface area contributed by atoms with Crippen molar-refractivity contribution >= 4 is 15.9 Å². The minimum absolute atomic E-state index is 0.234. The molecule has 2 heterocycles. The number of aromatic nitrogens is 1. The Morgan fingerprint density at radius 3 is 3.05 bits per heavy atom. The molecule has 1 aromatic heterocycles. The highest BCUT2D eigenvalue weighted by Gasteiger charge is 2.21. The second-order valence-electron chi connectivity index (χ2n) is 4.69. The highest BCUT2D eigenvalue weighted by molar-refractivity contribution is 9.10. The number of hydrogen-bond acceptors (Lipinski definition) is 3. The van der Waals surface area contributed by atoms with Crippen molar-refractivity contribution in [2.75, 3.05) is 6.54 Å². The van der Waals surface area contributed by atoms with Crippen LogP contribution in [0.15, 0.2) is 47.2 Å². The van der Waals surface area contributed by atoms with Crippen molar-refractivity contribution in [3.63, 3.8) is 0 Å². The van der Waals surface area contributed by atoms with Gasteiger partial charge in [0.05, 0.1) is 0 Å². The molecule has 3 rings (SSSR count). The Hall–Kier alpha value is -1.39. The third-order valence-electron chi connectivity index (χ3n) is 3.18. The largest absolute Gasteiger partial charge is 0.488 e. The van der Waals surface area contributed by atoms with Crippen molar-refractivity contribution in [1.29, 1.82) is 0 Å². The fourth-order valence-electron chi connectivity index (χ4n) is 2.30. The number of nitrogens with one attached hydrogen (secondary N) is 1. The summed E-state index contributed by atoms with van der Waals surface area (Å²) >= 11 is 3.42. The molecule has 0 saturated carbocycles. The minimum atomic E-state index is 0.234. The molecule has 3 nitrogen and oxygen atoms in total. The summed E-state index contributed by atoms with van der Waals surface area (Å²) in [5, 5.41) is 3.42. The maximum atomic E-state index is 5.88. The van der Waals surface area contributed by atoms with E-state index in [4.69, 9.17) is 4.74 Å². The summed E-state index contributed by atoms with van der Waals surface area (Å²) in [5.74, 6) is 1.03. The van der Waals surface area contributed by atoms with E-state index in [1.165, 1.54) is 11.1 Å². The molecule has 0 spiro atoms. The van der Waals surface area contributed by atoms with Crippen LogP contribution in [0, 0.1) is 0 Å². The van der Waals surface area contributed by atoms with E-state index < -0.39 is 0 Å². The lowest BCUT2D eigenvalue weighted by atomic mass is 10.1. The highest BCUT2D eigenvalue weighted by Crippen LogP contribution is 2.27. The van der Waals surface area contributed by atoms with Gasteiger partial charge in [-0.15, -0.1) is 0 Å². The Labute approximate surface area is 121 Å². The van der Waals surface area contributed by atoms with E-state index in [2.05, 4.69) is 44.4 Å². The van der Waals surface area contributed by atoms with E-state index in [0.29, 0.717) is 0 Å². The Balaban J connectivity index is 1.50. The number of fused-ring (bicyclic) bond motifs is 1. The van der Waals surface area contributed by atoms with Gasteiger partial charge in [0.15, 0.2) is 0 Å². The van der Waals surface area contributed by atoms with Crippen LogP contribution >= 0.6 is 15.9 Å². The topological polar surface area (TPSA) is 34.2 Å². The number of nitrogens with zero attached hydrogens (tertiary/aromatic N) is 1. The van der Waals surface area contributed by atoms with Crippen LogP contribution in [0.25, 0.3) is 0 Å². The van der Waals surface area contributed by atoms with E-state index in [9.17, 15) is 0 Å². The molecule has 1 aliphatic rings. The molecule has 0 amide bonds. The zero-order valence-corrected chi connectivity index (χ0v) is 12.1. The first kappa shape index (κ1) is 12.6. The van der Waals surface area contributed by atoms with E-state index in [-0.39, 0.29) is 6.10 Å². The summed E-state index contributed by atoms with van der Waals surface area (Å²) in [5.41, 5.74) is 2.48. The molecule has 1 unspecified atom stereocenters. The first-order chi connectivity index (χ1) is 9.31. The van der Waals surface area contributed by atoms with Gasteiger partial charge in [-0.25, -0.2) is 0 Å².